The summed E-state index contributed by atoms with van der Waals surface area (Å²) < 4.78 is 14.8. The van der Waals surface area contributed by atoms with Crippen molar-refractivity contribution in [3.8, 4) is 0 Å². The van der Waals surface area contributed by atoms with E-state index in [2.05, 4.69) is 4.98 Å². The summed E-state index contributed by atoms with van der Waals surface area (Å²) in [5.41, 5.74) is 2.87. The Hall–Kier alpha value is -1.68. The Morgan fingerprint density at radius 3 is 2.94 bits per heavy atom. The number of rotatable bonds is 4. The highest BCUT2D eigenvalue weighted by Gasteiger charge is 2.03. The molecular weight excluding hydrogens is 219 g/mol. The van der Waals surface area contributed by atoms with Crippen LogP contribution in [0.3, 0.4) is 0 Å². The summed E-state index contributed by atoms with van der Waals surface area (Å²) in [6.45, 7) is 2.63. The van der Waals surface area contributed by atoms with Gasteiger partial charge in [-0.15, -0.1) is 0 Å². The molecule has 0 atom stereocenters. The van der Waals surface area contributed by atoms with E-state index in [-0.39, 0.29) is 12.4 Å². The zero-order valence-electron chi connectivity index (χ0n) is 9.73. The van der Waals surface area contributed by atoms with E-state index in [1.807, 2.05) is 11.5 Å². The summed E-state index contributed by atoms with van der Waals surface area (Å²) in [4.78, 5) is 3.98. The lowest BCUT2D eigenvalue weighted by Crippen LogP contribution is -2.05. The lowest BCUT2D eigenvalue weighted by Gasteiger charge is -2.08. The van der Waals surface area contributed by atoms with Crippen LogP contribution in [-0.2, 0) is 19.6 Å². The SMILES string of the molecule is Cc1cc(F)ccc1CCn1cncc1CO. The Bertz CT molecular complexity index is 508. The van der Waals surface area contributed by atoms with Gasteiger partial charge >= 0.3 is 0 Å². The molecule has 0 fully saturated rings. The fourth-order valence-electron chi connectivity index (χ4n) is 1.86. The largest absolute Gasteiger partial charge is 0.390 e. The number of imidazole rings is 1. The third kappa shape index (κ3) is 2.71. The van der Waals surface area contributed by atoms with Crippen molar-refractivity contribution in [3.63, 3.8) is 0 Å². The van der Waals surface area contributed by atoms with Crippen molar-refractivity contribution in [1.29, 1.82) is 0 Å². The van der Waals surface area contributed by atoms with Gasteiger partial charge in [-0.3, -0.25) is 0 Å². The molecule has 0 radical (unpaired) electrons. The Kier molecular flexibility index (Phi) is 3.54. The lowest BCUT2D eigenvalue weighted by atomic mass is 10.1. The first kappa shape index (κ1) is 11.8. The number of aromatic nitrogens is 2. The molecule has 0 amide bonds. The van der Waals surface area contributed by atoms with E-state index >= 15 is 0 Å². The fourth-order valence-corrected chi connectivity index (χ4v) is 1.86. The lowest BCUT2D eigenvalue weighted by molar-refractivity contribution is 0.270. The van der Waals surface area contributed by atoms with Gasteiger partial charge in [-0.05, 0) is 36.6 Å². The number of aliphatic hydroxyl groups is 1. The summed E-state index contributed by atoms with van der Waals surface area (Å²) in [5, 5.41) is 9.09. The molecule has 0 spiro atoms. The maximum atomic E-state index is 12.9. The van der Waals surface area contributed by atoms with Gasteiger partial charge in [0.15, 0.2) is 0 Å². The van der Waals surface area contributed by atoms with Crippen LogP contribution in [0.25, 0.3) is 0 Å². The third-order valence-electron chi connectivity index (χ3n) is 2.89. The number of nitrogens with zero attached hydrogens (tertiary/aromatic N) is 2. The molecule has 1 aromatic carbocycles. The van der Waals surface area contributed by atoms with Crippen molar-refractivity contribution in [2.45, 2.75) is 26.5 Å². The molecule has 0 saturated carbocycles. The predicted octanol–water partition coefficient (Wildman–Crippen LogP) is 2.07. The van der Waals surface area contributed by atoms with Crippen molar-refractivity contribution in [1.82, 2.24) is 9.55 Å². The zero-order chi connectivity index (χ0) is 12.3. The van der Waals surface area contributed by atoms with Crippen molar-refractivity contribution >= 4 is 0 Å². The Balaban J connectivity index is 2.07. The average molecular weight is 234 g/mol. The first-order chi connectivity index (χ1) is 8.20. The monoisotopic (exact) mass is 234 g/mol. The van der Waals surface area contributed by atoms with Gasteiger partial charge in [-0.2, -0.15) is 0 Å². The van der Waals surface area contributed by atoms with Crippen LogP contribution in [-0.4, -0.2) is 14.7 Å². The first-order valence-electron chi connectivity index (χ1n) is 5.55. The van der Waals surface area contributed by atoms with Gasteiger partial charge in [0.25, 0.3) is 0 Å². The molecule has 2 aromatic rings. The van der Waals surface area contributed by atoms with Crippen LogP contribution in [0.15, 0.2) is 30.7 Å². The fraction of sp³-hybridized carbons (Fsp3) is 0.308. The number of aryl methyl sites for hydroxylation is 3. The van der Waals surface area contributed by atoms with Crippen LogP contribution in [0.2, 0.25) is 0 Å². The average Bonchev–Trinajstić information content (AvgIpc) is 2.75. The molecule has 0 unspecified atom stereocenters. The van der Waals surface area contributed by atoms with Gasteiger partial charge in [0, 0.05) is 6.54 Å². The van der Waals surface area contributed by atoms with Gasteiger partial charge in [0.2, 0.25) is 0 Å². The predicted molar refractivity (Wildman–Crippen MR) is 63.0 cm³/mol. The van der Waals surface area contributed by atoms with Crippen molar-refractivity contribution < 1.29 is 9.50 Å². The van der Waals surface area contributed by atoms with E-state index in [9.17, 15) is 4.39 Å². The molecular formula is C13H15FN2O. The highest BCUT2D eigenvalue weighted by Crippen LogP contribution is 2.12. The first-order valence-corrected chi connectivity index (χ1v) is 5.55. The van der Waals surface area contributed by atoms with Crippen LogP contribution in [0.1, 0.15) is 16.8 Å². The van der Waals surface area contributed by atoms with Gasteiger partial charge in [0.1, 0.15) is 5.82 Å². The maximum Gasteiger partial charge on any atom is 0.123 e. The number of halogens is 1. The number of hydrogen-bond donors (Lipinski definition) is 1. The Morgan fingerprint density at radius 2 is 2.24 bits per heavy atom. The van der Waals surface area contributed by atoms with Crippen molar-refractivity contribution in [3.05, 3.63) is 53.4 Å². The standard InChI is InChI=1S/C13H15FN2O/c1-10-6-12(14)3-2-11(10)4-5-16-9-15-7-13(16)8-17/h2-3,6-7,9,17H,4-5,8H2,1H3. The van der Waals surface area contributed by atoms with Gasteiger partial charge < -0.3 is 9.67 Å². The van der Waals surface area contributed by atoms with Crippen LogP contribution in [0.5, 0.6) is 0 Å². The third-order valence-corrected chi connectivity index (χ3v) is 2.89. The quantitative estimate of drug-likeness (QED) is 0.879. The molecule has 0 bridgehead atoms. The Morgan fingerprint density at radius 1 is 1.41 bits per heavy atom. The molecule has 1 N–H and O–H groups in total. The number of hydrogen-bond acceptors (Lipinski definition) is 2. The molecule has 0 aliphatic rings. The minimum atomic E-state index is -0.204. The topological polar surface area (TPSA) is 38.0 Å². The van der Waals surface area contributed by atoms with Crippen LogP contribution in [0.4, 0.5) is 4.39 Å². The normalized spacial score (nSPS) is 10.8. The Labute approximate surface area is 99.5 Å². The van der Waals surface area contributed by atoms with E-state index < -0.39 is 0 Å². The minimum Gasteiger partial charge on any atom is -0.390 e. The van der Waals surface area contributed by atoms with Crippen LogP contribution < -0.4 is 0 Å². The summed E-state index contributed by atoms with van der Waals surface area (Å²) in [5.74, 6) is -0.204. The van der Waals surface area contributed by atoms with E-state index in [0.717, 1.165) is 29.8 Å². The molecule has 0 aliphatic carbocycles. The van der Waals surface area contributed by atoms with Gasteiger partial charge in [0.05, 0.1) is 24.8 Å². The van der Waals surface area contributed by atoms with E-state index in [1.165, 1.54) is 12.1 Å². The number of benzene rings is 1. The smallest absolute Gasteiger partial charge is 0.123 e. The molecule has 90 valence electrons. The van der Waals surface area contributed by atoms with Crippen molar-refractivity contribution in [2.24, 2.45) is 0 Å². The highest BCUT2D eigenvalue weighted by atomic mass is 19.1. The molecule has 1 aromatic heterocycles. The summed E-state index contributed by atoms with van der Waals surface area (Å²) >= 11 is 0. The molecule has 4 heteroatoms. The van der Waals surface area contributed by atoms with Crippen molar-refractivity contribution in [2.75, 3.05) is 0 Å². The highest BCUT2D eigenvalue weighted by molar-refractivity contribution is 5.26. The van der Waals surface area contributed by atoms with Crippen LogP contribution >= 0.6 is 0 Å². The van der Waals surface area contributed by atoms with Gasteiger partial charge in [-0.1, -0.05) is 6.07 Å². The molecule has 0 aliphatic heterocycles. The zero-order valence-corrected chi connectivity index (χ0v) is 9.73. The number of aliphatic hydroxyl groups excluding tert-OH is 1. The maximum absolute atomic E-state index is 12.9. The summed E-state index contributed by atoms with van der Waals surface area (Å²) in [6, 6.07) is 4.82. The molecule has 2 rings (SSSR count). The molecule has 0 saturated heterocycles. The summed E-state index contributed by atoms with van der Waals surface area (Å²) in [6.07, 6.45) is 4.15. The van der Waals surface area contributed by atoms with E-state index in [4.69, 9.17) is 5.11 Å². The van der Waals surface area contributed by atoms with Gasteiger partial charge in [-0.25, -0.2) is 9.37 Å². The summed E-state index contributed by atoms with van der Waals surface area (Å²) in [7, 11) is 0. The second kappa shape index (κ2) is 5.10. The molecule has 1 heterocycles. The van der Waals surface area contributed by atoms with Crippen LogP contribution in [0, 0.1) is 12.7 Å². The second-order valence-electron chi connectivity index (χ2n) is 4.06. The second-order valence-corrected chi connectivity index (χ2v) is 4.06. The van der Waals surface area contributed by atoms with E-state index in [1.54, 1.807) is 18.6 Å². The minimum absolute atomic E-state index is 0.0115. The molecule has 3 nitrogen and oxygen atoms in total. The van der Waals surface area contributed by atoms with E-state index in [0.29, 0.717) is 0 Å². The molecule has 17 heavy (non-hydrogen) atoms.